The predicted molar refractivity (Wildman–Crippen MR) is 56.3 cm³/mol. The van der Waals surface area contributed by atoms with Crippen LogP contribution in [-0.2, 0) is 9.53 Å². The van der Waals surface area contributed by atoms with Gasteiger partial charge in [-0.2, -0.15) is 0 Å². The maximum atomic E-state index is 12.9. The number of esters is 1. The largest absolute Gasteiger partial charge is 0.465 e. The Morgan fingerprint density at radius 1 is 1.53 bits per heavy atom. The Balaban J connectivity index is 2.51. The number of benzene rings is 1. The first-order chi connectivity index (χ1) is 7.13. The molecule has 0 aromatic heterocycles. The SMILES string of the molecule is CCOC(=O)CNc1ccc(F)c(C)c1. The second-order valence-electron chi connectivity index (χ2n) is 3.12. The van der Waals surface area contributed by atoms with Gasteiger partial charge in [-0.25, -0.2) is 4.39 Å². The summed E-state index contributed by atoms with van der Waals surface area (Å²) >= 11 is 0. The van der Waals surface area contributed by atoms with Gasteiger partial charge in [-0.05, 0) is 37.6 Å². The maximum absolute atomic E-state index is 12.9. The minimum absolute atomic E-state index is 0.0961. The molecule has 0 bridgehead atoms. The third-order valence-corrected chi connectivity index (χ3v) is 1.90. The minimum Gasteiger partial charge on any atom is -0.465 e. The van der Waals surface area contributed by atoms with Gasteiger partial charge in [-0.3, -0.25) is 4.79 Å². The van der Waals surface area contributed by atoms with Crippen LogP contribution in [0.1, 0.15) is 12.5 Å². The number of rotatable bonds is 4. The zero-order valence-corrected chi connectivity index (χ0v) is 8.84. The van der Waals surface area contributed by atoms with Crippen molar-refractivity contribution in [2.24, 2.45) is 0 Å². The van der Waals surface area contributed by atoms with Gasteiger partial charge in [-0.1, -0.05) is 0 Å². The molecule has 0 saturated carbocycles. The Hall–Kier alpha value is -1.58. The Morgan fingerprint density at radius 3 is 2.87 bits per heavy atom. The second-order valence-corrected chi connectivity index (χ2v) is 3.12. The molecule has 0 saturated heterocycles. The Bertz CT molecular complexity index is 352. The van der Waals surface area contributed by atoms with Crippen molar-refractivity contribution in [2.75, 3.05) is 18.5 Å². The van der Waals surface area contributed by atoms with Crippen LogP contribution in [0.25, 0.3) is 0 Å². The van der Waals surface area contributed by atoms with Crippen LogP contribution in [-0.4, -0.2) is 19.1 Å². The summed E-state index contributed by atoms with van der Waals surface area (Å²) in [5.41, 5.74) is 1.26. The zero-order valence-electron chi connectivity index (χ0n) is 8.84. The Morgan fingerprint density at radius 2 is 2.27 bits per heavy atom. The van der Waals surface area contributed by atoms with Gasteiger partial charge in [0.15, 0.2) is 0 Å². The third kappa shape index (κ3) is 3.58. The van der Waals surface area contributed by atoms with Crippen molar-refractivity contribution >= 4 is 11.7 Å². The summed E-state index contributed by atoms with van der Waals surface area (Å²) in [5, 5.41) is 2.86. The normalized spacial score (nSPS) is 9.80. The highest BCUT2D eigenvalue weighted by Crippen LogP contribution is 2.13. The summed E-state index contributed by atoms with van der Waals surface area (Å²) in [6.07, 6.45) is 0. The quantitative estimate of drug-likeness (QED) is 0.775. The van der Waals surface area contributed by atoms with E-state index in [4.69, 9.17) is 4.74 Å². The van der Waals surface area contributed by atoms with E-state index >= 15 is 0 Å². The molecule has 15 heavy (non-hydrogen) atoms. The lowest BCUT2D eigenvalue weighted by atomic mass is 10.2. The first kappa shape index (κ1) is 11.5. The van der Waals surface area contributed by atoms with E-state index in [9.17, 15) is 9.18 Å². The van der Waals surface area contributed by atoms with E-state index in [1.54, 1.807) is 26.0 Å². The molecule has 0 radical (unpaired) electrons. The van der Waals surface area contributed by atoms with Gasteiger partial charge < -0.3 is 10.1 Å². The lowest BCUT2D eigenvalue weighted by Crippen LogP contribution is -2.16. The van der Waals surface area contributed by atoms with Gasteiger partial charge in [0.1, 0.15) is 12.4 Å². The number of halogens is 1. The molecular weight excluding hydrogens is 197 g/mol. The van der Waals surface area contributed by atoms with Crippen LogP contribution in [0, 0.1) is 12.7 Å². The van der Waals surface area contributed by atoms with E-state index in [1.165, 1.54) is 6.07 Å². The number of carbonyl (C=O) groups is 1. The Labute approximate surface area is 88.2 Å². The predicted octanol–water partition coefficient (Wildman–Crippen LogP) is 2.11. The van der Waals surface area contributed by atoms with Crippen LogP contribution in [0.3, 0.4) is 0 Å². The van der Waals surface area contributed by atoms with E-state index in [2.05, 4.69) is 5.32 Å². The van der Waals surface area contributed by atoms with E-state index in [0.717, 1.165) is 0 Å². The summed E-state index contributed by atoms with van der Waals surface area (Å²) in [4.78, 5) is 11.0. The lowest BCUT2D eigenvalue weighted by Gasteiger charge is -2.06. The van der Waals surface area contributed by atoms with E-state index < -0.39 is 0 Å². The first-order valence-corrected chi connectivity index (χ1v) is 4.79. The average Bonchev–Trinajstić information content (AvgIpc) is 2.20. The van der Waals surface area contributed by atoms with Crippen molar-refractivity contribution in [2.45, 2.75) is 13.8 Å². The molecule has 0 aliphatic heterocycles. The molecular formula is C11H14FNO2. The number of nitrogens with one attached hydrogen (secondary N) is 1. The van der Waals surface area contributed by atoms with Crippen LogP contribution in [0.5, 0.6) is 0 Å². The molecule has 82 valence electrons. The molecule has 0 unspecified atom stereocenters. The standard InChI is InChI=1S/C11H14FNO2/c1-3-15-11(14)7-13-9-4-5-10(12)8(2)6-9/h4-6,13H,3,7H2,1-2H3. The fourth-order valence-corrected chi connectivity index (χ4v) is 1.14. The van der Waals surface area contributed by atoms with Crippen molar-refractivity contribution < 1.29 is 13.9 Å². The maximum Gasteiger partial charge on any atom is 0.325 e. The van der Waals surface area contributed by atoms with Crippen LogP contribution in [0.4, 0.5) is 10.1 Å². The van der Waals surface area contributed by atoms with Crippen molar-refractivity contribution in [3.05, 3.63) is 29.6 Å². The number of hydrogen-bond donors (Lipinski definition) is 1. The van der Waals surface area contributed by atoms with Crippen molar-refractivity contribution in [1.29, 1.82) is 0 Å². The van der Waals surface area contributed by atoms with Gasteiger partial charge in [0, 0.05) is 5.69 Å². The minimum atomic E-state index is -0.320. The number of ether oxygens (including phenoxy) is 1. The molecule has 1 aromatic rings. The van der Waals surface area contributed by atoms with Crippen LogP contribution in [0.15, 0.2) is 18.2 Å². The molecule has 1 rings (SSSR count). The number of hydrogen-bond acceptors (Lipinski definition) is 3. The number of carbonyl (C=O) groups excluding carboxylic acids is 1. The average molecular weight is 211 g/mol. The molecule has 1 aromatic carbocycles. The molecule has 0 aliphatic rings. The molecule has 0 atom stereocenters. The molecule has 0 fully saturated rings. The smallest absolute Gasteiger partial charge is 0.325 e. The van der Waals surface area contributed by atoms with Gasteiger partial charge in [0.05, 0.1) is 6.61 Å². The van der Waals surface area contributed by atoms with E-state index in [1.807, 2.05) is 0 Å². The third-order valence-electron chi connectivity index (χ3n) is 1.90. The molecule has 4 heteroatoms. The van der Waals surface area contributed by atoms with Gasteiger partial charge in [-0.15, -0.1) is 0 Å². The molecule has 0 aliphatic carbocycles. The van der Waals surface area contributed by atoms with E-state index in [0.29, 0.717) is 17.9 Å². The van der Waals surface area contributed by atoms with Crippen LogP contribution >= 0.6 is 0 Å². The first-order valence-electron chi connectivity index (χ1n) is 4.79. The summed E-state index contributed by atoms with van der Waals surface area (Å²) in [6, 6.07) is 4.60. The Kier molecular flexibility index (Phi) is 4.09. The number of aryl methyl sites for hydroxylation is 1. The molecule has 0 amide bonds. The van der Waals surface area contributed by atoms with E-state index in [-0.39, 0.29) is 18.3 Å². The van der Waals surface area contributed by atoms with Crippen LogP contribution < -0.4 is 5.32 Å². The fourth-order valence-electron chi connectivity index (χ4n) is 1.14. The highest BCUT2D eigenvalue weighted by Gasteiger charge is 2.02. The summed E-state index contributed by atoms with van der Waals surface area (Å²) in [6.45, 7) is 3.88. The summed E-state index contributed by atoms with van der Waals surface area (Å²) < 4.78 is 17.6. The molecule has 0 spiro atoms. The summed E-state index contributed by atoms with van der Waals surface area (Å²) in [7, 11) is 0. The zero-order chi connectivity index (χ0) is 11.3. The fraction of sp³-hybridized carbons (Fsp3) is 0.364. The van der Waals surface area contributed by atoms with Gasteiger partial charge >= 0.3 is 5.97 Å². The molecule has 1 N–H and O–H groups in total. The van der Waals surface area contributed by atoms with Crippen molar-refractivity contribution in [1.82, 2.24) is 0 Å². The van der Waals surface area contributed by atoms with Crippen molar-refractivity contribution in [3.63, 3.8) is 0 Å². The topological polar surface area (TPSA) is 38.3 Å². The lowest BCUT2D eigenvalue weighted by molar-refractivity contribution is -0.140. The molecule has 0 heterocycles. The van der Waals surface area contributed by atoms with Crippen molar-refractivity contribution in [3.8, 4) is 0 Å². The molecule has 3 nitrogen and oxygen atoms in total. The highest BCUT2D eigenvalue weighted by molar-refractivity contribution is 5.74. The summed E-state index contributed by atoms with van der Waals surface area (Å²) in [5.74, 6) is -0.573. The second kappa shape index (κ2) is 5.34. The monoisotopic (exact) mass is 211 g/mol. The van der Waals surface area contributed by atoms with Gasteiger partial charge in [0.2, 0.25) is 0 Å². The van der Waals surface area contributed by atoms with Gasteiger partial charge in [0.25, 0.3) is 0 Å². The highest BCUT2D eigenvalue weighted by atomic mass is 19.1. The van der Waals surface area contributed by atoms with Crippen LogP contribution in [0.2, 0.25) is 0 Å². The number of anilines is 1.